The number of aromatic nitrogens is 13. The number of nitrogens with one attached hydrogen (secondary N) is 10. The standard InChI is InChI=1S/C7H12O2.C6H10N2O.C6H9NO2.C6H11NO2.C5H9N5O.C5H8N2O2.C5H11NO3S.C4H8N4.C4H9NO2.C4H8O2.C3H8O3S/c1-5(2)7(9)4-6(3)8;1-4(2)5-3-6(9)8-7-5;1-4(2)5-3-6(8)7-9-5;1-4(2)6(9)7-5(3)8;1-3(2)4(11)6-5-7-9-10-8-5;1-3(2)4-6-5(8)9-7-4;1-4(2)10(8,9)6-5(3)7;1-3(2)4-5-7-8-6-4;1-3(2)4(6)5-7;1-3(2)4(5)6;1-3(2)7(4,5)6/h4-5,9H,1-3H3;3-4H,1-2H3,(H2,7,8,9);3-4H,1-2H3,(H,7,8);4H,1-3H3,(H,7,8,9);3H,1-2H3,(H2,6,7,8,9,10,11);3H,1-2H3,(H,6,7,8);4H,1-3H3,(H,6,7);3H,1-2H3,(H,5,6,7,8);3,7H,1-2H3,(H,5,6);3H,1-2H3,(H,5,6);3H,1-2H3,(H,4,5,6). The van der Waals surface area contributed by atoms with E-state index in [4.69, 9.17) is 24.5 Å². The number of amides is 5. The van der Waals surface area contributed by atoms with Crippen LogP contribution in [0.1, 0.15) is 220 Å². The van der Waals surface area contributed by atoms with E-state index in [9.17, 15) is 64.8 Å². The van der Waals surface area contributed by atoms with Crippen LogP contribution >= 0.6 is 0 Å². The predicted molar refractivity (Wildman–Crippen MR) is 348 cm³/mol. The van der Waals surface area contributed by atoms with Gasteiger partial charge in [0.1, 0.15) is 5.76 Å². The van der Waals surface area contributed by atoms with Crippen LogP contribution in [-0.4, -0.2) is 155 Å². The number of ketones is 1. The molecular formula is C55H103N17O20S2. The van der Waals surface area contributed by atoms with Gasteiger partial charge in [-0.3, -0.25) is 82.9 Å². The zero-order valence-corrected chi connectivity index (χ0v) is 60.0. The molecule has 0 unspecified atom stereocenters. The number of carbonyl (C=O) groups excluding carboxylic acids is 6. The normalized spacial score (nSPS) is 10.6. The Morgan fingerprint density at radius 2 is 1.05 bits per heavy atom. The van der Waals surface area contributed by atoms with Crippen LogP contribution in [0.25, 0.3) is 0 Å². The summed E-state index contributed by atoms with van der Waals surface area (Å²) in [6, 6.07) is 3.04. The van der Waals surface area contributed by atoms with Crippen LogP contribution < -0.4 is 37.7 Å². The number of aliphatic hydroxyl groups excluding tert-OH is 1. The molecule has 0 saturated carbocycles. The summed E-state index contributed by atoms with van der Waals surface area (Å²) in [4.78, 5) is 106. The van der Waals surface area contributed by atoms with Gasteiger partial charge in [0.2, 0.25) is 39.6 Å². The number of hydrogen-bond acceptors (Lipinski definition) is 25. The van der Waals surface area contributed by atoms with E-state index in [0.717, 1.165) is 11.5 Å². The maximum atomic E-state index is 11.0. The molecule has 94 heavy (non-hydrogen) atoms. The average Bonchev–Trinajstić information content (AvgIpc) is 1.34. The van der Waals surface area contributed by atoms with Crippen molar-refractivity contribution in [3.05, 3.63) is 78.3 Å². The topological polar surface area (TPSA) is 579 Å². The Bertz CT molecular complexity index is 3190. The van der Waals surface area contributed by atoms with Crippen molar-refractivity contribution in [2.75, 3.05) is 5.32 Å². The van der Waals surface area contributed by atoms with Crippen LogP contribution in [0, 0.1) is 29.6 Å². The number of hydroxylamine groups is 1. The molecule has 14 N–H and O–H groups in total. The molecule has 0 aliphatic heterocycles. The molecule has 0 spiro atoms. The monoisotopic (exact) mass is 1390 g/mol. The number of hydrogen-bond donors (Lipinski definition) is 14. The highest BCUT2D eigenvalue weighted by Gasteiger charge is 2.16. The second-order valence-corrected chi connectivity index (χ2v) is 26.8. The van der Waals surface area contributed by atoms with Gasteiger partial charge in [-0.05, 0) is 45.7 Å². The fraction of sp³-hybridized carbons (Fsp3) is 0.655. The van der Waals surface area contributed by atoms with Gasteiger partial charge in [-0.25, -0.2) is 18.7 Å². The number of aromatic amines is 6. The molecule has 5 heterocycles. The van der Waals surface area contributed by atoms with Gasteiger partial charge in [-0.2, -0.15) is 24.0 Å². The number of anilines is 1. The number of H-pyrrole nitrogens is 6. The Hall–Kier alpha value is -8.85. The molecule has 39 heteroatoms. The van der Waals surface area contributed by atoms with Crippen molar-refractivity contribution in [1.82, 2.24) is 82.3 Å². The summed E-state index contributed by atoms with van der Waals surface area (Å²) < 4.78 is 60.4. The van der Waals surface area contributed by atoms with E-state index in [2.05, 4.69) is 81.9 Å². The van der Waals surface area contributed by atoms with Gasteiger partial charge in [0, 0.05) is 79.2 Å². The smallest absolute Gasteiger partial charge is 0.438 e. The Balaban J connectivity index is -0.000000227. The molecule has 37 nitrogen and oxygen atoms in total. The molecular weight excluding hydrogens is 1280 g/mol. The number of tetrazole rings is 2. The van der Waals surface area contributed by atoms with E-state index in [1.165, 1.54) is 66.1 Å². The molecule has 0 aromatic carbocycles. The second kappa shape index (κ2) is 51.6. The Morgan fingerprint density at radius 3 is 1.22 bits per heavy atom. The maximum Gasteiger partial charge on any atom is 0.438 e. The van der Waals surface area contributed by atoms with Gasteiger partial charge in [-0.15, -0.1) is 15.3 Å². The maximum absolute atomic E-state index is 11.0. The zero-order valence-electron chi connectivity index (χ0n) is 58.4. The van der Waals surface area contributed by atoms with Crippen molar-refractivity contribution in [2.24, 2.45) is 29.6 Å². The third-order valence-electron chi connectivity index (χ3n) is 9.73. The molecule has 0 radical (unpaired) electrons. The first-order valence-electron chi connectivity index (χ1n) is 29.0. The summed E-state index contributed by atoms with van der Waals surface area (Å²) >= 11 is 0. The summed E-state index contributed by atoms with van der Waals surface area (Å²) in [6.45, 7) is 43.0. The van der Waals surface area contributed by atoms with E-state index in [0.29, 0.717) is 23.4 Å². The van der Waals surface area contributed by atoms with Crippen LogP contribution in [0.4, 0.5) is 5.95 Å². The highest BCUT2D eigenvalue weighted by molar-refractivity contribution is 7.90. The molecule has 0 saturated heterocycles. The van der Waals surface area contributed by atoms with Gasteiger partial charge >= 0.3 is 11.7 Å². The van der Waals surface area contributed by atoms with Crippen LogP contribution in [0.15, 0.2) is 47.4 Å². The van der Waals surface area contributed by atoms with Gasteiger partial charge in [0.25, 0.3) is 27.2 Å². The fourth-order valence-electron chi connectivity index (χ4n) is 3.75. The lowest BCUT2D eigenvalue weighted by molar-refractivity contribution is -0.140. The minimum absolute atomic E-state index is 0.0499. The number of carbonyl (C=O) groups is 7. The fourth-order valence-corrected chi connectivity index (χ4v) is 4.39. The average molecular weight is 1390 g/mol. The summed E-state index contributed by atoms with van der Waals surface area (Å²) in [5.74, 6) is 0.326. The zero-order chi connectivity index (χ0) is 75.1. The van der Waals surface area contributed by atoms with Crippen LogP contribution in [-0.2, 0) is 53.7 Å². The number of allylic oxidation sites excluding steroid dienone is 2. The van der Waals surface area contributed by atoms with Gasteiger partial charge in [0.05, 0.1) is 22.2 Å². The Kier molecular flexibility index (Phi) is 52.9. The highest BCUT2D eigenvalue weighted by Crippen LogP contribution is 2.10. The van der Waals surface area contributed by atoms with Crippen LogP contribution in [0.5, 0.6) is 0 Å². The van der Waals surface area contributed by atoms with Crippen molar-refractivity contribution in [1.29, 1.82) is 0 Å². The number of aliphatic carboxylic acids is 1. The number of carboxylic acid groups (broad SMARTS) is 1. The molecule has 0 atom stereocenters. The van der Waals surface area contributed by atoms with Crippen LogP contribution in [0.2, 0.25) is 0 Å². The number of imide groups is 1. The predicted octanol–water partition coefficient (Wildman–Crippen LogP) is 5.52. The number of carboxylic acids is 1. The van der Waals surface area contributed by atoms with Gasteiger partial charge < -0.3 is 19.8 Å². The minimum Gasteiger partial charge on any atom is -0.512 e. The molecule has 5 amide bonds. The lowest BCUT2D eigenvalue weighted by atomic mass is 10.1. The number of sulfonamides is 1. The first-order valence-corrected chi connectivity index (χ1v) is 32.0. The molecule has 5 aromatic heterocycles. The minimum atomic E-state index is -3.74. The largest absolute Gasteiger partial charge is 0.512 e. The van der Waals surface area contributed by atoms with Crippen LogP contribution in [0.3, 0.4) is 0 Å². The van der Waals surface area contributed by atoms with Gasteiger partial charge in [-0.1, -0.05) is 140 Å². The Morgan fingerprint density at radius 1 is 0.574 bits per heavy atom. The summed E-state index contributed by atoms with van der Waals surface area (Å²) in [6.07, 6.45) is 1.24. The quantitative estimate of drug-likeness (QED) is 0.0214. The molecule has 540 valence electrons. The summed E-state index contributed by atoms with van der Waals surface area (Å²) in [5.41, 5.74) is 2.26. The number of rotatable bonds is 14. The lowest BCUT2D eigenvalue weighted by Crippen LogP contribution is -2.34. The molecule has 5 rings (SSSR count). The molecule has 0 aliphatic rings. The van der Waals surface area contributed by atoms with Crippen molar-refractivity contribution in [2.45, 2.75) is 207 Å². The van der Waals surface area contributed by atoms with E-state index >= 15 is 0 Å². The lowest BCUT2D eigenvalue weighted by Gasteiger charge is -2.06. The molecule has 5 aromatic rings. The van der Waals surface area contributed by atoms with Crippen molar-refractivity contribution < 1.29 is 79.4 Å². The first kappa shape index (κ1) is 96.2. The molecule has 0 aliphatic carbocycles. The van der Waals surface area contributed by atoms with Crippen molar-refractivity contribution in [3.8, 4) is 0 Å². The highest BCUT2D eigenvalue weighted by atomic mass is 32.2. The molecule has 0 bridgehead atoms. The Labute approximate surface area is 547 Å². The van der Waals surface area contributed by atoms with Crippen molar-refractivity contribution in [3.63, 3.8) is 0 Å². The molecule has 0 fully saturated rings. The van der Waals surface area contributed by atoms with E-state index < -0.39 is 48.3 Å². The van der Waals surface area contributed by atoms with E-state index in [1.54, 1.807) is 61.5 Å². The SMILES string of the molecule is CC(=O)C=C(O)C(C)C.CC(=O)NC(=O)C(C)C.CC(=O)NS(=O)(=O)C(C)C.CC(C)C(=O)NO.CC(C)C(=O)Nc1nn[nH]n1.CC(C)C(=O)O.CC(C)S(=O)(=O)O.CC(C)c1cc(=O)[nH][nH]1.CC(C)c1cc(=O)[nH]o1.CC(C)c1nn[nH]n1.CC(C)c1noc(=O)[nH]1. The second-order valence-electron chi connectivity index (χ2n) is 22.6. The van der Waals surface area contributed by atoms with E-state index in [1.807, 2.05) is 74.0 Å². The number of aliphatic hydroxyl groups is 1. The number of nitrogens with zero attached hydrogens (tertiary/aromatic N) is 7. The summed E-state index contributed by atoms with van der Waals surface area (Å²) in [5, 5.41) is 65.1. The van der Waals surface area contributed by atoms with E-state index in [-0.39, 0.29) is 93.7 Å². The summed E-state index contributed by atoms with van der Waals surface area (Å²) in [7, 11) is -7.14. The third kappa shape index (κ3) is 57.1. The third-order valence-corrected chi connectivity index (χ3v) is 12.7. The van der Waals surface area contributed by atoms with Gasteiger partial charge in [0.15, 0.2) is 17.4 Å². The first-order chi connectivity index (χ1) is 42.8. The van der Waals surface area contributed by atoms with Crippen molar-refractivity contribution >= 4 is 67.4 Å².